The fourth-order valence-electron chi connectivity index (χ4n) is 2.37. The van der Waals surface area contributed by atoms with Gasteiger partial charge in [0.2, 0.25) is 0 Å². The first-order chi connectivity index (χ1) is 10.1. The zero-order chi connectivity index (χ0) is 15.0. The highest BCUT2D eigenvalue weighted by Gasteiger charge is 2.09. The molecule has 0 aliphatic carbocycles. The van der Waals surface area contributed by atoms with E-state index in [0.717, 1.165) is 23.0 Å². The molecule has 0 amide bonds. The van der Waals surface area contributed by atoms with Gasteiger partial charge in [-0.15, -0.1) is 0 Å². The summed E-state index contributed by atoms with van der Waals surface area (Å²) in [5.74, 6) is -0.216. The molecule has 108 valence electrons. The van der Waals surface area contributed by atoms with E-state index in [1.165, 1.54) is 5.56 Å². The molecular weight excluding hydrogens is 398 g/mol. The molecule has 0 aliphatic rings. The second-order valence-corrected chi connectivity index (χ2v) is 6.52. The molecule has 0 fully saturated rings. The largest absolute Gasteiger partial charge is 0.331 e. The number of imidazole rings is 1. The monoisotopic (exact) mass is 412 g/mol. The first-order valence-electron chi connectivity index (χ1n) is 6.74. The maximum Gasteiger partial charge on any atom is 0.178 e. The standard InChI is InChI=1S/C16H14FIN2S/c1-2-10-3-5-11(6-4-10)9-20-15-7-12(17)13(18)8-14(15)19-16(20)21/h3-8H,2,9H2,1H3,(H,19,21). The summed E-state index contributed by atoms with van der Waals surface area (Å²) in [4.78, 5) is 3.14. The highest BCUT2D eigenvalue weighted by atomic mass is 127. The van der Waals surface area contributed by atoms with Gasteiger partial charge in [-0.1, -0.05) is 31.2 Å². The number of benzene rings is 2. The lowest BCUT2D eigenvalue weighted by molar-refractivity contribution is 0.621. The van der Waals surface area contributed by atoms with Crippen molar-refractivity contribution in [1.29, 1.82) is 0 Å². The topological polar surface area (TPSA) is 20.7 Å². The van der Waals surface area contributed by atoms with Crippen molar-refractivity contribution in [3.63, 3.8) is 0 Å². The second-order valence-electron chi connectivity index (χ2n) is 4.97. The Morgan fingerprint density at radius 3 is 2.52 bits per heavy atom. The molecule has 21 heavy (non-hydrogen) atoms. The number of hydrogen-bond acceptors (Lipinski definition) is 1. The maximum absolute atomic E-state index is 13.8. The number of H-pyrrole nitrogens is 1. The van der Waals surface area contributed by atoms with E-state index in [1.807, 2.05) is 27.2 Å². The summed E-state index contributed by atoms with van der Waals surface area (Å²) in [6, 6.07) is 11.8. The van der Waals surface area contributed by atoms with E-state index in [2.05, 4.69) is 36.2 Å². The SMILES string of the molecule is CCc1ccc(Cn2c(=S)[nH]c3cc(I)c(F)cc32)cc1. The number of hydrogen-bond donors (Lipinski definition) is 1. The molecule has 0 unspecified atom stereocenters. The number of fused-ring (bicyclic) bond motifs is 1. The van der Waals surface area contributed by atoms with Gasteiger partial charge in [0, 0.05) is 6.07 Å². The van der Waals surface area contributed by atoms with Crippen molar-refractivity contribution in [3.05, 3.63) is 61.7 Å². The molecular formula is C16H14FIN2S. The number of aryl methyl sites for hydroxylation is 1. The summed E-state index contributed by atoms with van der Waals surface area (Å²) in [6.07, 6.45) is 1.02. The zero-order valence-corrected chi connectivity index (χ0v) is 14.5. The molecule has 0 radical (unpaired) electrons. The van der Waals surface area contributed by atoms with Crippen LogP contribution in [-0.2, 0) is 13.0 Å². The van der Waals surface area contributed by atoms with Crippen LogP contribution < -0.4 is 0 Å². The van der Waals surface area contributed by atoms with Gasteiger partial charge in [0.05, 0.1) is 21.1 Å². The molecule has 3 rings (SSSR count). The van der Waals surface area contributed by atoms with Crippen LogP contribution in [0.25, 0.3) is 11.0 Å². The van der Waals surface area contributed by atoms with Crippen LogP contribution in [0.15, 0.2) is 36.4 Å². The van der Waals surface area contributed by atoms with E-state index in [9.17, 15) is 4.39 Å². The average Bonchev–Trinajstić information content (AvgIpc) is 2.76. The van der Waals surface area contributed by atoms with Crippen molar-refractivity contribution < 1.29 is 4.39 Å². The first-order valence-corrected chi connectivity index (χ1v) is 8.22. The minimum absolute atomic E-state index is 0.216. The van der Waals surface area contributed by atoms with Gasteiger partial charge >= 0.3 is 0 Å². The van der Waals surface area contributed by atoms with Gasteiger partial charge in [0.1, 0.15) is 5.82 Å². The van der Waals surface area contributed by atoms with Crippen LogP contribution in [0.4, 0.5) is 4.39 Å². The Hall–Kier alpha value is -1.21. The predicted octanol–water partition coefficient (Wildman–Crippen LogP) is 5.05. The molecule has 0 aliphatic heterocycles. The van der Waals surface area contributed by atoms with Gasteiger partial charge in [-0.3, -0.25) is 0 Å². The Labute approximate surface area is 141 Å². The summed E-state index contributed by atoms with van der Waals surface area (Å²) in [7, 11) is 0. The molecule has 2 aromatic carbocycles. The van der Waals surface area contributed by atoms with Crippen molar-refractivity contribution in [3.8, 4) is 0 Å². The minimum atomic E-state index is -0.216. The van der Waals surface area contributed by atoms with E-state index < -0.39 is 0 Å². The molecule has 3 aromatic rings. The first kappa shape index (κ1) is 14.7. The molecule has 0 saturated carbocycles. The van der Waals surface area contributed by atoms with E-state index in [4.69, 9.17) is 12.2 Å². The van der Waals surface area contributed by atoms with Crippen LogP contribution in [-0.4, -0.2) is 9.55 Å². The molecule has 1 N–H and O–H groups in total. The Bertz CT molecular complexity index is 849. The number of rotatable bonds is 3. The van der Waals surface area contributed by atoms with Crippen LogP contribution in [0.1, 0.15) is 18.1 Å². The van der Waals surface area contributed by atoms with Gasteiger partial charge in [0.15, 0.2) is 4.77 Å². The van der Waals surface area contributed by atoms with Gasteiger partial charge in [-0.05, 0) is 58.4 Å². The van der Waals surface area contributed by atoms with Crippen LogP contribution in [0.2, 0.25) is 0 Å². The lowest BCUT2D eigenvalue weighted by Crippen LogP contribution is -2.00. The fourth-order valence-corrected chi connectivity index (χ4v) is 3.11. The van der Waals surface area contributed by atoms with Gasteiger partial charge in [-0.25, -0.2) is 4.39 Å². The Balaban J connectivity index is 2.05. The summed E-state index contributed by atoms with van der Waals surface area (Å²) in [6.45, 7) is 2.78. The lowest BCUT2D eigenvalue weighted by Gasteiger charge is -2.06. The van der Waals surface area contributed by atoms with E-state index >= 15 is 0 Å². The molecule has 0 bridgehead atoms. The third-order valence-electron chi connectivity index (χ3n) is 3.59. The number of nitrogens with zero attached hydrogens (tertiary/aromatic N) is 1. The van der Waals surface area contributed by atoms with Crippen LogP contribution in [0.3, 0.4) is 0 Å². The summed E-state index contributed by atoms with van der Waals surface area (Å²) in [5, 5.41) is 0. The minimum Gasteiger partial charge on any atom is -0.331 e. The van der Waals surface area contributed by atoms with Crippen molar-refractivity contribution in [2.45, 2.75) is 19.9 Å². The lowest BCUT2D eigenvalue weighted by atomic mass is 10.1. The van der Waals surface area contributed by atoms with E-state index in [-0.39, 0.29) is 5.82 Å². The Kier molecular flexibility index (Phi) is 4.12. The zero-order valence-electron chi connectivity index (χ0n) is 11.5. The number of aromatic nitrogens is 2. The highest BCUT2D eigenvalue weighted by molar-refractivity contribution is 14.1. The molecule has 0 atom stereocenters. The third-order valence-corrected chi connectivity index (χ3v) is 4.74. The van der Waals surface area contributed by atoms with Crippen LogP contribution >= 0.6 is 34.8 Å². The number of halogens is 2. The molecule has 0 saturated heterocycles. The van der Waals surface area contributed by atoms with Crippen molar-refractivity contribution in [2.24, 2.45) is 0 Å². The predicted molar refractivity (Wildman–Crippen MR) is 94.7 cm³/mol. The van der Waals surface area contributed by atoms with Crippen LogP contribution in [0, 0.1) is 14.2 Å². The quantitative estimate of drug-likeness (QED) is 0.472. The average molecular weight is 412 g/mol. The van der Waals surface area contributed by atoms with Gasteiger partial charge in [-0.2, -0.15) is 0 Å². The maximum atomic E-state index is 13.8. The summed E-state index contributed by atoms with van der Waals surface area (Å²) in [5.41, 5.74) is 4.14. The van der Waals surface area contributed by atoms with Gasteiger partial charge in [0.25, 0.3) is 0 Å². The summed E-state index contributed by atoms with van der Waals surface area (Å²) >= 11 is 7.36. The second kappa shape index (κ2) is 5.88. The smallest absolute Gasteiger partial charge is 0.178 e. The normalized spacial score (nSPS) is 11.2. The summed E-state index contributed by atoms with van der Waals surface area (Å²) < 4.78 is 17.0. The van der Waals surface area contributed by atoms with E-state index in [1.54, 1.807) is 12.1 Å². The highest BCUT2D eigenvalue weighted by Crippen LogP contribution is 2.21. The number of aromatic amines is 1. The molecule has 1 heterocycles. The van der Waals surface area contributed by atoms with E-state index in [0.29, 0.717) is 14.9 Å². The van der Waals surface area contributed by atoms with Crippen LogP contribution in [0.5, 0.6) is 0 Å². The Morgan fingerprint density at radius 2 is 1.86 bits per heavy atom. The molecule has 2 nitrogen and oxygen atoms in total. The third kappa shape index (κ3) is 2.89. The molecule has 5 heteroatoms. The van der Waals surface area contributed by atoms with Crippen molar-refractivity contribution in [1.82, 2.24) is 9.55 Å². The van der Waals surface area contributed by atoms with Crippen molar-refractivity contribution >= 4 is 45.8 Å². The van der Waals surface area contributed by atoms with Gasteiger partial charge < -0.3 is 9.55 Å². The van der Waals surface area contributed by atoms with Crippen molar-refractivity contribution in [2.75, 3.05) is 0 Å². The molecule has 0 spiro atoms. The Morgan fingerprint density at radius 1 is 1.19 bits per heavy atom. The fraction of sp³-hybridized carbons (Fsp3) is 0.188. The molecule has 1 aromatic heterocycles. The number of nitrogens with one attached hydrogen (secondary N) is 1.